The van der Waals surface area contributed by atoms with Crippen molar-refractivity contribution in [3.05, 3.63) is 0 Å². The van der Waals surface area contributed by atoms with E-state index >= 15 is 0 Å². The molecule has 5 rings (SSSR count). The monoisotopic (exact) mass is 1230 g/mol. The van der Waals surface area contributed by atoms with Gasteiger partial charge in [-0.25, -0.2) is 28.8 Å². The maximum atomic E-state index is 10.7. The summed E-state index contributed by atoms with van der Waals surface area (Å²) in [5.74, 6) is -3.83. The highest BCUT2D eigenvalue weighted by atomic mass is 16.7. The number of esters is 10. The Labute approximate surface area is 498 Å². The van der Waals surface area contributed by atoms with Crippen LogP contribution in [-0.2, 0) is 138 Å². The number of carbonyl (C=O) groups is 14. The summed E-state index contributed by atoms with van der Waals surface area (Å²) in [6.45, 7) is 18.1. The Morgan fingerprint density at radius 1 is 0.529 bits per heavy atom. The smallest absolute Gasteiger partial charge is 0.374 e. The van der Waals surface area contributed by atoms with Crippen LogP contribution >= 0.6 is 0 Å². The first-order valence-electron chi connectivity index (χ1n) is 27.3. The number of cyclic esters (lactones) is 7. The number of ether oxygens (including phenoxy) is 15. The number of hydrogen-bond donors (Lipinski definition) is 0. The Morgan fingerprint density at radius 2 is 1.07 bits per heavy atom. The molecule has 0 amide bonds. The number of methoxy groups -OCH3 is 5. The zero-order valence-electron chi connectivity index (χ0n) is 52.1. The van der Waals surface area contributed by atoms with Crippen LogP contribution in [-0.4, -0.2) is 215 Å². The predicted octanol–water partition coefficient (Wildman–Crippen LogP) is 3.60. The molecule has 492 valence electrons. The Balaban J connectivity index is -0.000000280. The van der Waals surface area contributed by atoms with E-state index in [0.717, 1.165) is 58.5 Å². The van der Waals surface area contributed by atoms with Gasteiger partial charge in [0.05, 0.1) is 72.8 Å². The fourth-order valence-corrected chi connectivity index (χ4v) is 4.99. The molecular formula is C56H94O29. The summed E-state index contributed by atoms with van der Waals surface area (Å²) in [6.07, 6.45) is 8.84. The van der Waals surface area contributed by atoms with Crippen LogP contribution in [0.15, 0.2) is 0 Å². The molecule has 5 heterocycles. The molecule has 0 spiro atoms. The number of unbranched alkanes of at least 4 members (excludes halogenated alkanes) is 2. The molecule has 0 aromatic rings. The van der Waals surface area contributed by atoms with Crippen LogP contribution in [0.4, 0.5) is 0 Å². The van der Waals surface area contributed by atoms with Gasteiger partial charge in [-0.2, -0.15) is 0 Å². The highest BCUT2D eigenvalue weighted by Gasteiger charge is 2.32. The van der Waals surface area contributed by atoms with Crippen LogP contribution in [0.5, 0.6) is 0 Å². The summed E-state index contributed by atoms with van der Waals surface area (Å²) in [7, 11) is 7.33. The minimum absolute atomic E-state index is 0.0255. The highest BCUT2D eigenvalue weighted by molar-refractivity contribution is 6.32. The van der Waals surface area contributed by atoms with Crippen LogP contribution < -0.4 is 0 Å². The first-order chi connectivity index (χ1) is 40.1. The second-order valence-corrected chi connectivity index (χ2v) is 17.8. The lowest BCUT2D eigenvalue weighted by Gasteiger charge is -2.22. The summed E-state index contributed by atoms with van der Waals surface area (Å²) >= 11 is 0. The van der Waals surface area contributed by atoms with Gasteiger partial charge in [0, 0.05) is 67.0 Å². The van der Waals surface area contributed by atoms with Crippen molar-refractivity contribution in [3.8, 4) is 0 Å². The second-order valence-electron chi connectivity index (χ2n) is 17.8. The minimum atomic E-state index is -0.792. The molecule has 29 heteroatoms. The lowest BCUT2D eigenvalue weighted by atomic mass is 10.1. The van der Waals surface area contributed by atoms with E-state index in [-0.39, 0.29) is 73.7 Å². The van der Waals surface area contributed by atoms with E-state index in [0.29, 0.717) is 78.4 Å². The van der Waals surface area contributed by atoms with Crippen molar-refractivity contribution in [1.82, 2.24) is 0 Å². The van der Waals surface area contributed by atoms with Crippen molar-refractivity contribution in [1.29, 1.82) is 0 Å². The molecular weight excluding hydrogens is 1140 g/mol. The molecule has 4 unspecified atom stereocenters. The maximum absolute atomic E-state index is 10.7. The third kappa shape index (κ3) is 67.9. The topological polar surface area (TPSA) is 377 Å². The number of ketones is 4. The Morgan fingerprint density at radius 3 is 1.47 bits per heavy atom. The predicted molar refractivity (Wildman–Crippen MR) is 296 cm³/mol. The van der Waals surface area contributed by atoms with E-state index < -0.39 is 59.8 Å². The molecule has 85 heavy (non-hydrogen) atoms. The molecule has 4 atom stereocenters. The first-order valence-corrected chi connectivity index (χ1v) is 27.3. The standard InChI is InChI=1S/C8H16O2.C7H14O3.C6H8O4.C6H10O4.C6H10O2.C6H12O2.C5H8O3.C4H4O4.C4H6O3.C4H6O2/c1-8(9)6-4-3-5-7-10-2;1-7(8)3-4-10-6-5-9-2;1-3-5(7)10-4(2)6(8)9-3;1-3-5(7)10-4-6(8)9-2;7-6-4-2-1-3-5-8-6;1-5(7)4-6(2)8-3;6-5-1-2-7-3-4-8-5;5-3-1-7-4(6)2-8-3;1-3(5)4(6)7-2;1-3-2-4(5)6-3/h3-7H2,1-2H3;3-6H2,1-2H3;3-4H,1-2H3;3-4H2,1-2H3;1-5H2;6H,4H2,1-3H3;1-4H2;1-2H2;1-2H3;3H,2H2,1H3. The van der Waals surface area contributed by atoms with Crippen LogP contribution in [0, 0.1) is 0 Å². The van der Waals surface area contributed by atoms with Gasteiger partial charge in [-0.1, -0.05) is 13.3 Å². The third-order valence-corrected chi connectivity index (χ3v) is 9.69. The Kier molecular flexibility index (Phi) is 61.7. The highest BCUT2D eigenvalue weighted by Crippen LogP contribution is 2.11. The molecule has 0 aromatic heterocycles. The number of Topliss-reactive ketones (excluding diaryl/α,β-unsaturated/α-hetero) is 4. The summed E-state index contributed by atoms with van der Waals surface area (Å²) in [4.78, 5) is 144. The molecule has 0 N–H and O–H groups in total. The van der Waals surface area contributed by atoms with Crippen molar-refractivity contribution in [2.24, 2.45) is 0 Å². The van der Waals surface area contributed by atoms with Crippen molar-refractivity contribution >= 4 is 82.8 Å². The minimum Gasteiger partial charge on any atom is -0.466 e. The first kappa shape index (κ1) is 87.0. The summed E-state index contributed by atoms with van der Waals surface area (Å²) in [6, 6.07) is 0. The van der Waals surface area contributed by atoms with E-state index in [9.17, 15) is 67.1 Å². The quantitative estimate of drug-likeness (QED) is 0.0771. The SMILES string of the molecule is CC1CC(=O)O1.CC1OC(=O)C(C)OC1=O.CCC(=O)OCC(=O)OC.COC(=O)C(C)=O.COC(C)CC(C)=O.COCCCCCC(C)=O.COCCOCCC(C)=O.O=C1CCCCCO1.O=C1CCOCCO1.O=C1COC(=O)CO1. The molecule has 5 aliphatic rings. The number of rotatable bonds is 19. The number of carbonyl (C=O) groups excluding carboxylic acids is 14. The van der Waals surface area contributed by atoms with Gasteiger partial charge in [0.15, 0.2) is 32.0 Å². The van der Waals surface area contributed by atoms with Crippen LogP contribution in [0.25, 0.3) is 0 Å². The largest absolute Gasteiger partial charge is 0.466 e. The molecule has 5 fully saturated rings. The third-order valence-electron chi connectivity index (χ3n) is 9.69. The average molecular weight is 1230 g/mol. The van der Waals surface area contributed by atoms with Gasteiger partial charge in [-0.3, -0.25) is 33.6 Å². The van der Waals surface area contributed by atoms with Gasteiger partial charge in [0.25, 0.3) is 0 Å². The molecule has 0 aromatic carbocycles. The maximum Gasteiger partial charge on any atom is 0.374 e. The van der Waals surface area contributed by atoms with Gasteiger partial charge in [-0.15, -0.1) is 0 Å². The fourth-order valence-electron chi connectivity index (χ4n) is 4.99. The van der Waals surface area contributed by atoms with Gasteiger partial charge >= 0.3 is 59.7 Å². The van der Waals surface area contributed by atoms with E-state index in [4.69, 9.17) is 28.4 Å². The summed E-state index contributed by atoms with van der Waals surface area (Å²) in [5, 5.41) is 0. The summed E-state index contributed by atoms with van der Waals surface area (Å²) in [5.41, 5.74) is 0. The Bertz CT molecular complexity index is 1790. The van der Waals surface area contributed by atoms with Gasteiger partial charge in [0.1, 0.15) is 30.1 Å². The lowest BCUT2D eigenvalue weighted by molar-refractivity contribution is -0.191. The number of hydrogen-bond acceptors (Lipinski definition) is 29. The van der Waals surface area contributed by atoms with E-state index in [1.807, 2.05) is 13.8 Å². The van der Waals surface area contributed by atoms with Gasteiger partial charge in [0.2, 0.25) is 5.78 Å². The molecule has 0 aliphatic carbocycles. The second kappa shape index (κ2) is 60.3. The zero-order chi connectivity index (χ0) is 66.0. The van der Waals surface area contributed by atoms with Crippen molar-refractivity contribution in [2.45, 2.75) is 170 Å². The van der Waals surface area contributed by atoms with Crippen LogP contribution in [0.1, 0.15) is 146 Å². The molecule has 5 aliphatic heterocycles. The molecule has 0 bridgehead atoms. The van der Waals surface area contributed by atoms with Crippen molar-refractivity contribution < 1.29 is 138 Å². The van der Waals surface area contributed by atoms with Gasteiger partial charge in [-0.05, 0) is 80.6 Å². The average Bonchev–Trinajstić information content (AvgIpc) is 3.97. The van der Waals surface area contributed by atoms with E-state index in [2.05, 4.69) is 42.6 Å². The van der Waals surface area contributed by atoms with Crippen LogP contribution in [0.3, 0.4) is 0 Å². The van der Waals surface area contributed by atoms with Gasteiger partial charge < -0.3 is 75.8 Å². The molecule has 0 radical (unpaired) electrons. The molecule has 0 saturated carbocycles. The summed E-state index contributed by atoms with van der Waals surface area (Å²) < 4.78 is 68.7. The Hall–Kier alpha value is -6.82. The zero-order valence-corrected chi connectivity index (χ0v) is 52.1. The van der Waals surface area contributed by atoms with E-state index in [1.54, 1.807) is 49.0 Å². The normalized spacial score (nSPS) is 17.2. The fraction of sp³-hybridized carbons (Fsp3) is 0.750. The molecule has 5 saturated heterocycles. The van der Waals surface area contributed by atoms with Crippen molar-refractivity contribution in [3.63, 3.8) is 0 Å². The lowest BCUT2D eigenvalue weighted by Crippen LogP contribution is -2.40. The van der Waals surface area contributed by atoms with E-state index in [1.165, 1.54) is 28.1 Å². The molecule has 29 nitrogen and oxygen atoms in total. The van der Waals surface area contributed by atoms with Crippen LogP contribution in [0.2, 0.25) is 0 Å². The van der Waals surface area contributed by atoms with Crippen molar-refractivity contribution in [2.75, 3.05) is 108 Å².